The van der Waals surface area contributed by atoms with E-state index in [9.17, 15) is 9.18 Å². The minimum absolute atomic E-state index is 0.299. The van der Waals surface area contributed by atoms with E-state index in [1.165, 1.54) is 37.7 Å². The molecule has 0 bridgehead atoms. The van der Waals surface area contributed by atoms with Gasteiger partial charge in [0, 0.05) is 18.7 Å². The highest BCUT2D eigenvalue weighted by atomic mass is 19.1. The van der Waals surface area contributed by atoms with Crippen molar-refractivity contribution in [1.29, 1.82) is 0 Å². The van der Waals surface area contributed by atoms with Gasteiger partial charge in [0.15, 0.2) is 5.82 Å². The topological polar surface area (TPSA) is 78.3 Å². The Kier molecular flexibility index (Phi) is 5.13. The molecule has 0 saturated carbocycles. The van der Waals surface area contributed by atoms with Crippen LogP contribution in [-0.2, 0) is 9.47 Å². The largest absolute Gasteiger partial charge is 0.465 e. The Labute approximate surface area is 149 Å². The van der Waals surface area contributed by atoms with E-state index < -0.39 is 5.97 Å². The van der Waals surface area contributed by atoms with Gasteiger partial charge in [0.05, 0.1) is 30.1 Å². The van der Waals surface area contributed by atoms with E-state index in [2.05, 4.69) is 15.4 Å². The van der Waals surface area contributed by atoms with Gasteiger partial charge in [-0.1, -0.05) is 6.92 Å². The number of hydrogen-bond acceptors (Lipinski definition) is 6. The number of methoxy groups -OCH3 is 2. The fraction of sp³-hybridized carbons (Fsp3) is 0.278. The lowest BCUT2D eigenvalue weighted by Gasteiger charge is -2.14. The Morgan fingerprint density at radius 1 is 1.35 bits per heavy atom. The normalized spacial score (nSPS) is 12.2. The molecule has 1 atom stereocenters. The monoisotopic (exact) mass is 358 g/mol. The highest BCUT2D eigenvalue weighted by Crippen LogP contribution is 2.30. The number of esters is 1. The van der Waals surface area contributed by atoms with Crippen LogP contribution in [0.4, 0.5) is 15.9 Å². The fourth-order valence-corrected chi connectivity index (χ4v) is 2.77. The standard InChI is InChI=1S/C18H19FN4O3/c1-4-16(25-2)23-15-6-5-11(19)9-13(15)17(22-23)21-14-10-20-8-7-12(14)18(24)26-3/h5-10,16H,4H2,1-3H3,(H,21,22). The van der Waals surface area contributed by atoms with E-state index in [0.29, 0.717) is 34.4 Å². The van der Waals surface area contributed by atoms with Crippen LogP contribution >= 0.6 is 0 Å². The van der Waals surface area contributed by atoms with E-state index >= 15 is 0 Å². The minimum Gasteiger partial charge on any atom is -0.465 e. The van der Waals surface area contributed by atoms with Crippen molar-refractivity contribution in [3.05, 3.63) is 48.0 Å². The second-order valence-electron chi connectivity index (χ2n) is 5.59. The number of aromatic nitrogens is 3. The molecule has 3 rings (SSSR count). The molecule has 136 valence electrons. The van der Waals surface area contributed by atoms with Crippen molar-refractivity contribution >= 4 is 28.4 Å². The van der Waals surface area contributed by atoms with Crippen molar-refractivity contribution in [3.8, 4) is 0 Å². The average molecular weight is 358 g/mol. The third-order valence-electron chi connectivity index (χ3n) is 4.04. The second kappa shape index (κ2) is 7.49. The first kappa shape index (κ1) is 17.8. The number of nitrogens with one attached hydrogen (secondary N) is 1. The van der Waals surface area contributed by atoms with E-state index in [4.69, 9.17) is 9.47 Å². The van der Waals surface area contributed by atoms with E-state index in [-0.39, 0.29) is 12.0 Å². The predicted octanol–water partition coefficient (Wildman–Crippen LogP) is 3.66. The number of halogens is 1. The van der Waals surface area contributed by atoms with Gasteiger partial charge in [-0.2, -0.15) is 5.10 Å². The van der Waals surface area contributed by atoms with Gasteiger partial charge in [0.2, 0.25) is 0 Å². The average Bonchev–Trinajstić information content (AvgIpc) is 3.00. The number of ether oxygens (including phenoxy) is 2. The first-order valence-electron chi connectivity index (χ1n) is 8.09. The smallest absolute Gasteiger partial charge is 0.340 e. The van der Waals surface area contributed by atoms with Gasteiger partial charge in [-0.05, 0) is 30.7 Å². The molecule has 0 spiro atoms. The molecule has 2 aromatic heterocycles. The Morgan fingerprint density at radius 2 is 2.15 bits per heavy atom. The molecule has 0 fully saturated rings. The molecule has 3 aromatic rings. The van der Waals surface area contributed by atoms with Gasteiger partial charge in [-0.25, -0.2) is 13.9 Å². The zero-order chi connectivity index (χ0) is 18.7. The summed E-state index contributed by atoms with van der Waals surface area (Å²) in [6.07, 6.45) is 3.37. The molecule has 0 radical (unpaired) electrons. The van der Waals surface area contributed by atoms with Crippen LogP contribution in [0.2, 0.25) is 0 Å². The van der Waals surface area contributed by atoms with Gasteiger partial charge in [0.25, 0.3) is 0 Å². The zero-order valence-corrected chi connectivity index (χ0v) is 14.7. The molecular weight excluding hydrogens is 339 g/mol. The molecule has 0 aliphatic carbocycles. The Hall–Kier alpha value is -3.00. The Bertz CT molecular complexity index is 937. The molecule has 2 heterocycles. The van der Waals surface area contributed by atoms with Crippen LogP contribution in [0, 0.1) is 5.82 Å². The van der Waals surface area contributed by atoms with Gasteiger partial charge >= 0.3 is 5.97 Å². The maximum atomic E-state index is 13.8. The van der Waals surface area contributed by atoms with E-state index in [1.807, 2.05) is 6.92 Å². The van der Waals surface area contributed by atoms with Crippen molar-refractivity contribution in [2.24, 2.45) is 0 Å². The minimum atomic E-state index is -0.506. The number of carbonyl (C=O) groups is 1. The molecule has 0 aliphatic heterocycles. The van der Waals surface area contributed by atoms with E-state index in [1.54, 1.807) is 17.9 Å². The number of pyridine rings is 1. The van der Waals surface area contributed by atoms with Crippen molar-refractivity contribution < 1.29 is 18.7 Å². The number of nitrogens with zero attached hydrogens (tertiary/aromatic N) is 3. The highest BCUT2D eigenvalue weighted by molar-refractivity contribution is 5.98. The van der Waals surface area contributed by atoms with Crippen molar-refractivity contribution in [1.82, 2.24) is 14.8 Å². The van der Waals surface area contributed by atoms with Crippen molar-refractivity contribution in [2.75, 3.05) is 19.5 Å². The molecule has 0 amide bonds. The maximum absolute atomic E-state index is 13.8. The van der Waals surface area contributed by atoms with Gasteiger partial charge in [-0.3, -0.25) is 4.98 Å². The predicted molar refractivity (Wildman–Crippen MR) is 94.9 cm³/mol. The first-order chi connectivity index (χ1) is 12.6. The molecule has 1 unspecified atom stereocenters. The van der Waals surface area contributed by atoms with Gasteiger partial charge < -0.3 is 14.8 Å². The summed E-state index contributed by atoms with van der Waals surface area (Å²) in [5, 5.41) is 8.16. The maximum Gasteiger partial charge on any atom is 0.340 e. The molecule has 26 heavy (non-hydrogen) atoms. The molecule has 8 heteroatoms. The lowest BCUT2D eigenvalue weighted by molar-refractivity contribution is 0.0349. The SMILES string of the molecule is CCC(OC)n1nc(Nc2cnccc2C(=O)OC)c2cc(F)ccc21. The van der Waals surface area contributed by atoms with Crippen LogP contribution in [0.1, 0.15) is 29.9 Å². The summed E-state index contributed by atoms with van der Waals surface area (Å²) in [4.78, 5) is 16.0. The van der Waals surface area contributed by atoms with Crippen LogP contribution in [0.25, 0.3) is 10.9 Å². The summed E-state index contributed by atoms with van der Waals surface area (Å²) >= 11 is 0. The number of carbonyl (C=O) groups excluding carboxylic acids is 1. The zero-order valence-electron chi connectivity index (χ0n) is 14.7. The molecular formula is C18H19FN4O3. The van der Waals surface area contributed by atoms with Crippen LogP contribution < -0.4 is 5.32 Å². The van der Waals surface area contributed by atoms with Crippen molar-refractivity contribution in [3.63, 3.8) is 0 Å². The third kappa shape index (κ3) is 3.23. The van der Waals surface area contributed by atoms with Crippen LogP contribution in [0.5, 0.6) is 0 Å². The number of hydrogen-bond donors (Lipinski definition) is 1. The second-order valence-corrected chi connectivity index (χ2v) is 5.59. The van der Waals surface area contributed by atoms with Crippen LogP contribution in [-0.4, -0.2) is 35.0 Å². The lowest BCUT2D eigenvalue weighted by Crippen LogP contribution is -2.12. The highest BCUT2D eigenvalue weighted by Gasteiger charge is 2.19. The first-order valence-corrected chi connectivity index (χ1v) is 8.09. The summed E-state index contributed by atoms with van der Waals surface area (Å²) in [6.45, 7) is 1.97. The Balaban J connectivity index is 2.12. The summed E-state index contributed by atoms with van der Waals surface area (Å²) in [7, 11) is 2.89. The van der Waals surface area contributed by atoms with Gasteiger partial charge in [-0.15, -0.1) is 0 Å². The van der Waals surface area contributed by atoms with Crippen LogP contribution in [0.3, 0.4) is 0 Å². The summed E-state index contributed by atoms with van der Waals surface area (Å²) in [5.41, 5.74) is 1.44. The number of rotatable bonds is 6. The number of fused-ring (bicyclic) bond motifs is 1. The molecule has 0 saturated heterocycles. The summed E-state index contributed by atoms with van der Waals surface area (Å²) in [6, 6.07) is 5.95. The number of benzene rings is 1. The van der Waals surface area contributed by atoms with Crippen molar-refractivity contribution in [2.45, 2.75) is 19.6 Å². The van der Waals surface area contributed by atoms with Crippen LogP contribution in [0.15, 0.2) is 36.7 Å². The quantitative estimate of drug-likeness (QED) is 0.678. The third-order valence-corrected chi connectivity index (χ3v) is 4.04. The van der Waals surface area contributed by atoms with Gasteiger partial charge in [0.1, 0.15) is 12.0 Å². The molecule has 1 N–H and O–H groups in total. The fourth-order valence-electron chi connectivity index (χ4n) is 2.77. The summed E-state index contributed by atoms with van der Waals surface area (Å²) in [5.74, 6) is -0.494. The molecule has 1 aromatic carbocycles. The number of anilines is 2. The lowest BCUT2D eigenvalue weighted by atomic mass is 10.2. The summed E-state index contributed by atoms with van der Waals surface area (Å²) < 4.78 is 25.7. The van der Waals surface area contributed by atoms with E-state index in [0.717, 1.165) is 0 Å². The Morgan fingerprint density at radius 3 is 2.85 bits per heavy atom. The molecule has 0 aliphatic rings. The molecule has 7 nitrogen and oxygen atoms in total.